The fraction of sp³-hybridized carbons (Fsp3) is 0.200. The minimum atomic E-state index is -1.16. The highest BCUT2D eigenvalue weighted by Crippen LogP contribution is 2.18. The Balaban J connectivity index is 2.21. The average Bonchev–Trinajstić information content (AvgIpc) is 2.46. The maximum Gasteiger partial charge on any atom is 0.337 e. The van der Waals surface area contributed by atoms with Crippen molar-refractivity contribution in [3.8, 4) is 0 Å². The topological polar surface area (TPSA) is 62.2 Å². The summed E-state index contributed by atoms with van der Waals surface area (Å²) in [4.78, 5) is 15.4. The van der Waals surface area contributed by atoms with Gasteiger partial charge in [-0.25, -0.2) is 9.18 Å². The predicted molar refractivity (Wildman–Crippen MR) is 74.3 cm³/mol. The van der Waals surface area contributed by atoms with Crippen molar-refractivity contribution in [2.45, 2.75) is 19.9 Å². The third-order valence-corrected chi connectivity index (χ3v) is 3.02. The van der Waals surface area contributed by atoms with Crippen LogP contribution < -0.4 is 5.32 Å². The Morgan fingerprint density at radius 2 is 2.20 bits per heavy atom. The van der Waals surface area contributed by atoms with Crippen molar-refractivity contribution >= 4 is 11.7 Å². The molecule has 0 unspecified atom stereocenters. The van der Waals surface area contributed by atoms with Crippen molar-refractivity contribution in [2.24, 2.45) is 0 Å². The molecule has 0 aliphatic heterocycles. The number of pyridine rings is 1. The molecule has 0 aliphatic carbocycles. The van der Waals surface area contributed by atoms with Gasteiger partial charge in [-0.15, -0.1) is 0 Å². The summed E-state index contributed by atoms with van der Waals surface area (Å²) < 4.78 is 13.1. The normalized spacial score (nSPS) is 10.3. The Hall–Kier alpha value is -2.43. The van der Waals surface area contributed by atoms with E-state index in [1.165, 1.54) is 12.1 Å². The first kappa shape index (κ1) is 14.0. The summed E-state index contributed by atoms with van der Waals surface area (Å²) in [5.41, 5.74) is 2.25. The van der Waals surface area contributed by atoms with Gasteiger partial charge in [0.05, 0.1) is 17.8 Å². The Morgan fingerprint density at radius 3 is 2.90 bits per heavy atom. The second kappa shape index (κ2) is 6.14. The molecule has 20 heavy (non-hydrogen) atoms. The van der Waals surface area contributed by atoms with Gasteiger partial charge in [0, 0.05) is 11.9 Å². The summed E-state index contributed by atoms with van der Waals surface area (Å²) in [6, 6.07) is 7.50. The summed E-state index contributed by atoms with van der Waals surface area (Å²) >= 11 is 0. The SMILES string of the molecule is CCc1cccnc1CNc1ccc(F)cc1C(=O)O. The number of hydrogen-bond acceptors (Lipinski definition) is 3. The van der Waals surface area contributed by atoms with Gasteiger partial charge in [0.2, 0.25) is 0 Å². The van der Waals surface area contributed by atoms with Crippen LogP contribution in [0.25, 0.3) is 0 Å². The molecule has 0 spiro atoms. The lowest BCUT2D eigenvalue weighted by Gasteiger charge is -2.11. The van der Waals surface area contributed by atoms with Gasteiger partial charge in [0.1, 0.15) is 5.82 Å². The summed E-state index contributed by atoms with van der Waals surface area (Å²) in [7, 11) is 0. The molecule has 0 aliphatic rings. The van der Waals surface area contributed by atoms with E-state index in [0.29, 0.717) is 12.2 Å². The summed E-state index contributed by atoms with van der Waals surface area (Å²) in [6.07, 6.45) is 2.54. The maximum absolute atomic E-state index is 13.1. The Bertz CT molecular complexity index is 629. The van der Waals surface area contributed by atoms with Crippen LogP contribution in [-0.4, -0.2) is 16.1 Å². The predicted octanol–water partition coefficient (Wildman–Crippen LogP) is 3.09. The van der Waals surface area contributed by atoms with Gasteiger partial charge in [-0.1, -0.05) is 13.0 Å². The molecule has 2 aromatic rings. The van der Waals surface area contributed by atoms with Gasteiger partial charge in [-0.2, -0.15) is 0 Å². The van der Waals surface area contributed by atoms with Crippen molar-refractivity contribution < 1.29 is 14.3 Å². The molecule has 1 heterocycles. The standard InChI is InChI=1S/C15H15FN2O2/c1-2-10-4-3-7-17-14(10)9-18-13-6-5-11(16)8-12(13)15(19)20/h3-8,18H,2,9H2,1H3,(H,19,20). The molecule has 0 saturated carbocycles. The van der Waals surface area contributed by atoms with Crippen LogP contribution in [0.1, 0.15) is 28.5 Å². The van der Waals surface area contributed by atoms with Crippen molar-refractivity contribution in [1.82, 2.24) is 4.98 Å². The number of aromatic carboxylic acids is 1. The smallest absolute Gasteiger partial charge is 0.337 e. The maximum atomic E-state index is 13.1. The number of aryl methyl sites for hydroxylation is 1. The largest absolute Gasteiger partial charge is 0.478 e. The van der Waals surface area contributed by atoms with Gasteiger partial charge in [0.25, 0.3) is 0 Å². The number of carbonyl (C=O) groups is 1. The molecule has 0 saturated heterocycles. The third kappa shape index (κ3) is 3.12. The highest BCUT2D eigenvalue weighted by molar-refractivity contribution is 5.94. The molecular formula is C15H15FN2O2. The van der Waals surface area contributed by atoms with E-state index >= 15 is 0 Å². The first-order valence-electron chi connectivity index (χ1n) is 6.31. The Morgan fingerprint density at radius 1 is 1.40 bits per heavy atom. The summed E-state index contributed by atoms with van der Waals surface area (Å²) in [6.45, 7) is 2.43. The van der Waals surface area contributed by atoms with Gasteiger partial charge < -0.3 is 10.4 Å². The van der Waals surface area contributed by atoms with Crippen LogP contribution in [0, 0.1) is 5.82 Å². The van der Waals surface area contributed by atoms with Crippen LogP contribution in [0.5, 0.6) is 0 Å². The molecule has 0 radical (unpaired) electrons. The van der Waals surface area contributed by atoms with E-state index in [1.54, 1.807) is 6.20 Å². The van der Waals surface area contributed by atoms with Crippen LogP contribution in [0.15, 0.2) is 36.5 Å². The van der Waals surface area contributed by atoms with Gasteiger partial charge in [-0.05, 0) is 36.2 Å². The zero-order valence-corrected chi connectivity index (χ0v) is 11.1. The number of benzene rings is 1. The lowest BCUT2D eigenvalue weighted by Crippen LogP contribution is -2.09. The van der Waals surface area contributed by atoms with Gasteiger partial charge in [0.15, 0.2) is 0 Å². The second-order valence-electron chi connectivity index (χ2n) is 4.31. The quantitative estimate of drug-likeness (QED) is 0.879. The number of halogens is 1. The molecule has 104 valence electrons. The average molecular weight is 274 g/mol. The first-order chi connectivity index (χ1) is 9.61. The highest BCUT2D eigenvalue weighted by atomic mass is 19.1. The number of nitrogens with zero attached hydrogens (tertiary/aromatic N) is 1. The zero-order valence-electron chi connectivity index (χ0n) is 11.1. The number of aromatic nitrogens is 1. The first-order valence-corrected chi connectivity index (χ1v) is 6.31. The number of nitrogens with one attached hydrogen (secondary N) is 1. The van der Waals surface area contributed by atoms with E-state index in [0.717, 1.165) is 23.7 Å². The Kier molecular flexibility index (Phi) is 4.30. The fourth-order valence-corrected chi connectivity index (χ4v) is 1.98. The minimum Gasteiger partial charge on any atom is -0.478 e. The van der Waals surface area contributed by atoms with Crippen LogP contribution in [0.4, 0.5) is 10.1 Å². The third-order valence-electron chi connectivity index (χ3n) is 3.02. The van der Waals surface area contributed by atoms with Crippen LogP contribution in [0.2, 0.25) is 0 Å². The van der Waals surface area contributed by atoms with E-state index in [-0.39, 0.29) is 5.56 Å². The van der Waals surface area contributed by atoms with E-state index in [4.69, 9.17) is 5.11 Å². The van der Waals surface area contributed by atoms with Crippen molar-refractivity contribution in [2.75, 3.05) is 5.32 Å². The molecule has 1 aromatic carbocycles. The minimum absolute atomic E-state index is 0.0843. The van der Waals surface area contributed by atoms with Crippen LogP contribution in [0.3, 0.4) is 0 Å². The molecule has 0 bridgehead atoms. The molecular weight excluding hydrogens is 259 g/mol. The second-order valence-corrected chi connectivity index (χ2v) is 4.31. The number of hydrogen-bond donors (Lipinski definition) is 2. The van der Waals surface area contributed by atoms with E-state index in [1.807, 2.05) is 19.1 Å². The molecule has 0 fully saturated rings. The highest BCUT2D eigenvalue weighted by Gasteiger charge is 2.11. The monoisotopic (exact) mass is 274 g/mol. The number of carboxylic acids is 1. The van der Waals surface area contributed by atoms with Crippen molar-refractivity contribution in [1.29, 1.82) is 0 Å². The molecule has 5 heteroatoms. The number of anilines is 1. The fourth-order valence-electron chi connectivity index (χ4n) is 1.98. The molecule has 2 N–H and O–H groups in total. The lowest BCUT2D eigenvalue weighted by molar-refractivity contribution is 0.0697. The van der Waals surface area contributed by atoms with Crippen molar-refractivity contribution in [3.05, 3.63) is 59.2 Å². The van der Waals surface area contributed by atoms with E-state index < -0.39 is 11.8 Å². The molecule has 0 amide bonds. The van der Waals surface area contributed by atoms with Crippen LogP contribution >= 0.6 is 0 Å². The number of rotatable bonds is 5. The number of carboxylic acid groups (broad SMARTS) is 1. The molecule has 4 nitrogen and oxygen atoms in total. The Labute approximate surface area is 116 Å². The van der Waals surface area contributed by atoms with Gasteiger partial charge >= 0.3 is 5.97 Å². The van der Waals surface area contributed by atoms with Crippen molar-refractivity contribution in [3.63, 3.8) is 0 Å². The summed E-state index contributed by atoms with van der Waals surface area (Å²) in [5.74, 6) is -1.73. The molecule has 0 atom stereocenters. The van der Waals surface area contributed by atoms with E-state index in [9.17, 15) is 9.18 Å². The van der Waals surface area contributed by atoms with E-state index in [2.05, 4.69) is 10.3 Å². The molecule has 1 aromatic heterocycles. The molecule has 2 rings (SSSR count). The zero-order chi connectivity index (χ0) is 14.5. The van der Waals surface area contributed by atoms with Gasteiger partial charge in [-0.3, -0.25) is 4.98 Å². The van der Waals surface area contributed by atoms with Crippen LogP contribution in [-0.2, 0) is 13.0 Å². The summed E-state index contributed by atoms with van der Waals surface area (Å²) in [5, 5.41) is 12.1. The lowest BCUT2D eigenvalue weighted by atomic mass is 10.1.